The highest BCUT2D eigenvalue weighted by Gasteiger charge is 2.19. The molecule has 0 amide bonds. The number of nitrogens with one attached hydrogen (secondary N) is 1. The molecule has 94 valence electrons. The molecule has 5 heteroatoms. The van der Waals surface area contributed by atoms with E-state index in [0.29, 0.717) is 0 Å². The Morgan fingerprint density at radius 3 is 2.65 bits per heavy atom. The SMILES string of the molecule is CCN(C)c1nc(N(C)C)nc2c1CNCC2. The topological polar surface area (TPSA) is 44.3 Å². The van der Waals surface area contributed by atoms with Crippen LogP contribution in [0, 0.1) is 0 Å². The number of anilines is 2. The third kappa shape index (κ3) is 2.34. The quantitative estimate of drug-likeness (QED) is 0.833. The van der Waals surface area contributed by atoms with Gasteiger partial charge in [-0.3, -0.25) is 0 Å². The van der Waals surface area contributed by atoms with Crippen LogP contribution in [0.2, 0.25) is 0 Å². The predicted molar refractivity (Wildman–Crippen MR) is 70.7 cm³/mol. The van der Waals surface area contributed by atoms with Crippen molar-refractivity contribution >= 4 is 11.8 Å². The first-order chi connectivity index (χ1) is 8.13. The minimum atomic E-state index is 0.806. The van der Waals surface area contributed by atoms with E-state index in [0.717, 1.165) is 37.8 Å². The first-order valence-electron chi connectivity index (χ1n) is 6.12. The molecule has 1 aliphatic heterocycles. The van der Waals surface area contributed by atoms with Crippen molar-refractivity contribution < 1.29 is 0 Å². The zero-order valence-corrected chi connectivity index (χ0v) is 11.1. The summed E-state index contributed by atoms with van der Waals surface area (Å²) in [6, 6.07) is 0. The normalized spacial score (nSPS) is 14.4. The van der Waals surface area contributed by atoms with Crippen LogP contribution in [0.5, 0.6) is 0 Å². The standard InChI is InChI=1S/C12H21N5/c1-5-17(4)11-9-8-13-7-6-10(9)14-12(15-11)16(2)3/h13H,5-8H2,1-4H3. The molecule has 0 aliphatic carbocycles. The van der Waals surface area contributed by atoms with Crippen LogP contribution in [-0.4, -0.2) is 44.2 Å². The van der Waals surface area contributed by atoms with Gasteiger partial charge in [0.1, 0.15) is 5.82 Å². The summed E-state index contributed by atoms with van der Waals surface area (Å²) in [6.45, 7) is 4.98. The minimum absolute atomic E-state index is 0.806. The van der Waals surface area contributed by atoms with E-state index in [-0.39, 0.29) is 0 Å². The van der Waals surface area contributed by atoms with Gasteiger partial charge in [-0.1, -0.05) is 0 Å². The van der Waals surface area contributed by atoms with E-state index in [1.54, 1.807) is 0 Å². The van der Waals surface area contributed by atoms with Crippen LogP contribution in [0.1, 0.15) is 18.2 Å². The maximum atomic E-state index is 4.66. The fourth-order valence-electron chi connectivity index (χ4n) is 1.98. The Kier molecular flexibility index (Phi) is 3.47. The van der Waals surface area contributed by atoms with Crippen LogP contribution < -0.4 is 15.1 Å². The zero-order chi connectivity index (χ0) is 12.4. The summed E-state index contributed by atoms with van der Waals surface area (Å²) in [5.41, 5.74) is 2.45. The summed E-state index contributed by atoms with van der Waals surface area (Å²) in [5, 5.41) is 3.39. The molecule has 5 nitrogen and oxygen atoms in total. The number of nitrogens with zero attached hydrogens (tertiary/aromatic N) is 4. The highest BCUT2D eigenvalue weighted by molar-refractivity contribution is 5.53. The van der Waals surface area contributed by atoms with Crippen molar-refractivity contribution in [1.29, 1.82) is 0 Å². The molecule has 0 spiro atoms. The summed E-state index contributed by atoms with van der Waals surface area (Å²) in [4.78, 5) is 13.4. The Morgan fingerprint density at radius 2 is 2.00 bits per heavy atom. The van der Waals surface area contributed by atoms with Gasteiger partial charge in [0.15, 0.2) is 0 Å². The Bertz CT molecular complexity index is 402. The third-order valence-corrected chi connectivity index (χ3v) is 3.14. The van der Waals surface area contributed by atoms with Crippen molar-refractivity contribution in [3.8, 4) is 0 Å². The van der Waals surface area contributed by atoms with Gasteiger partial charge in [0.25, 0.3) is 0 Å². The van der Waals surface area contributed by atoms with Crippen LogP contribution in [0.15, 0.2) is 0 Å². The van der Waals surface area contributed by atoms with Gasteiger partial charge >= 0.3 is 0 Å². The Hall–Kier alpha value is -1.36. The molecule has 17 heavy (non-hydrogen) atoms. The van der Waals surface area contributed by atoms with Gasteiger partial charge in [-0.05, 0) is 6.92 Å². The lowest BCUT2D eigenvalue weighted by Gasteiger charge is -2.26. The molecule has 1 aromatic rings. The van der Waals surface area contributed by atoms with Crippen LogP contribution in [-0.2, 0) is 13.0 Å². The van der Waals surface area contributed by atoms with E-state index in [9.17, 15) is 0 Å². The summed E-state index contributed by atoms with van der Waals surface area (Å²) in [6.07, 6.45) is 0.989. The van der Waals surface area contributed by atoms with Gasteiger partial charge in [-0.15, -0.1) is 0 Å². The molecule has 0 aromatic carbocycles. The average Bonchev–Trinajstić information content (AvgIpc) is 2.36. The second-order valence-corrected chi connectivity index (χ2v) is 4.61. The molecule has 1 aliphatic rings. The van der Waals surface area contributed by atoms with Crippen LogP contribution in [0.4, 0.5) is 11.8 Å². The second kappa shape index (κ2) is 4.87. The Balaban J connectivity index is 2.50. The fourth-order valence-corrected chi connectivity index (χ4v) is 1.98. The molecular weight excluding hydrogens is 214 g/mol. The molecule has 2 rings (SSSR count). The van der Waals surface area contributed by atoms with E-state index in [1.807, 2.05) is 19.0 Å². The number of fused-ring (bicyclic) bond motifs is 1. The first-order valence-corrected chi connectivity index (χ1v) is 6.12. The monoisotopic (exact) mass is 235 g/mol. The molecule has 0 radical (unpaired) electrons. The lowest BCUT2D eigenvalue weighted by Crippen LogP contribution is -2.30. The maximum absolute atomic E-state index is 4.66. The summed E-state index contributed by atoms with van der Waals surface area (Å²) < 4.78 is 0. The Morgan fingerprint density at radius 1 is 1.24 bits per heavy atom. The van der Waals surface area contributed by atoms with Gasteiger partial charge in [0.2, 0.25) is 5.95 Å². The highest BCUT2D eigenvalue weighted by Crippen LogP contribution is 2.24. The van der Waals surface area contributed by atoms with Crippen molar-refractivity contribution in [3.05, 3.63) is 11.3 Å². The summed E-state index contributed by atoms with van der Waals surface area (Å²) in [5.74, 6) is 1.87. The minimum Gasteiger partial charge on any atom is -0.360 e. The largest absolute Gasteiger partial charge is 0.360 e. The number of hydrogen-bond acceptors (Lipinski definition) is 5. The lowest BCUT2D eigenvalue weighted by atomic mass is 10.1. The zero-order valence-electron chi connectivity index (χ0n) is 11.1. The summed E-state index contributed by atoms with van der Waals surface area (Å²) in [7, 11) is 6.05. The van der Waals surface area contributed by atoms with Crippen molar-refractivity contribution in [2.24, 2.45) is 0 Å². The van der Waals surface area contributed by atoms with Crippen molar-refractivity contribution in [2.45, 2.75) is 19.9 Å². The molecule has 0 saturated carbocycles. The van der Waals surface area contributed by atoms with Gasteiger partial charge in [0, 0.05) is 52.8 Å². The lowest BCUT2D eigenvalue weighted by molar-refractivity contribution is 0.623. The van der Waals surface area contributed by atoms with Gasteiger partial charge in [-0.2, -0.15) is 4.98 Å². The molecule has 0 atom stereocenters. The third-order valence-electron chi connectivity index (χ3n) is 3.14. The fraction of sp³-hybridized carbons (Fsp3) is 0.667. The summed E-state index contributed by atoms with van der Waals surface area (Å²) >= 11 is 0. The number of aromatic nitrogens is 2. The van der Waals surface area contributed by atoms with Crippen molar-refractivity contribution in [2.75, 3.05) is 44.0 Å². The molecule has 0 fully saturated rings. The number of hydrogen-bond donors (Lipinski definition) is 1. The first kappa shape index (κ1) is 12.1. The van der Waals surface area contributed by atoms with Crippen molar-refractivity contribution in [1.82, 2.24) is 15.3 Å². The van der Waals surface area contributed by atoms with E-state index < -0.39 is 0 Å². The van der Waals surface area contributed by atoms with E-state index >= 15 is 0 Å². The molecule has 0 unspecified atom stereocenters. The Labute approximate surface area is 103 Å². The molecule has 1 aromatic heterocycles. The van der Waals surface area contributed by atoms with Crippen LogP contribution >= 0.6 is 0 Å². The number of rotatable bonds is 3. The molecule has 0 saturated heterocycles. The van der Waals surface area contributed by atoms with Crippen molar-refractivity contribution in [3.63, 3.8) is 0 Å². The molecule has 1 N–H and O–H groups in total. The van der Waals surface area contributed by atoms with E-state index in [4.69, 9.17) is 0 Å². The molecule has 0 bridgehead atoms. The van der Waals surface area contributed by atoms with Gasteiger partial charge in [0.05, 0.1) is 5.69 Å². The van der Waals surface area contributed by atoms with E-state index in [2.05, 4.69) is 34.2 Å². The van der Waals surface area contributed by atoms with Crippen LogP contribution in [0.25, 0.3) is 0 Å². The van der Waals surface area contributed by atoms with Crippen LogP contribution in [0.3, 0.4) is 0 Å². The molecule has 2 heterocycles. The van der Waals surface area contributed by atoms with Gasteiger partial charge in [-0.25, -0.2) is 4.98 Å². The predicted octanol–water partition coefficient (Wildman–Crippen LogP) is 0.644. The smallest absolute Gasteiger partial charge is 0.227 e. The average molecular weight is 235 g/mol. The maximum Gasteiger partial charge on any atom is 0.227 e. The van der Waals surface area contributed by atoms with Gasteiger partial charge < -0.3 is 15.1 Å². The highest BCUT2D eigenvalue weighted by atomic mass is 15.3. The van der Waals surface area contributed by atoms with E-state index in [1.165, 1.54) is 11.3 Å². The molecular formula is C12H21N5. The second-order valence-electron chi connectivity index (χ2n) is 4.61.